The van der Waals surface area contributed by atoms with E-state index in [1.165, 1.54) is 25.9 Å². The van der Waals surface area contributed by atoms with Crippen molar-refractivity contribution in [3.05, 3.63) is 23.7 Å². The lowest BCUT2D eigenvalue weighted by Crippen LogP contribution is -2.48. The van der Waals surface area contributed by atoms with Gasteiger partial charge in [-0.2, -0.15) is 0 Å². The number of rotatable bonds is 5. The summed E-state index contributed by atoms with van der Waals surface area (Å²) in [5, 5.41) is 6.68. The van der Waals surface area contributed by atoms with Gasteiger partial charge in [0.2, 0.25) is 0 Å². The molecule has 1 aromatic heterocycles. The molecule has 0 atom stereocenters. The predicted molar refractivity (Wildman–Crippen MR) is 88.2 cm³/mol. The number of furan rings is 1. The van der Waals surface area contributed by atoms with Gasteiger partial charge in [0.1, 0.15) is 5.76 Å². The molecule has 0 spiro atoms. The number of primary amides is 1. The highest BCUT2D eigenvalue weighted by Crippen LogP contribution is 2.29. The van der Waals surface area contributed by atoms with Gasteiger partial charge in [-0.05, 0) is 37.8 Å². The smallest absolute Gasteiger partial charge is 0.284 e. The number of nitrogens with zero attached hydrogens (tertiary/aromatic N) is 2. The summed E-state index contributed by atoms with van der Waals surface area (Å²) >= 11 is 0. The Morgan fingerprint density at radius 2 is 2.09 bits per heavy atom. The number of hydrogen-bond acceptors (Lipinski definition) is 4. The third-order valence-electron chi connectivity index (χ3n) is 4.49. The summed E-state index contributed by atoms with van der Waals surface area (Å²) in [7, 11) is 1.76. The van der Waals surface area contributed by atoms with E-state index in [4.69, 9.17) is 10.2 Å². The zero-order valence-electron chi connectivity index (χ0n) is 13.5. The molecular formula is C16H25N5O2. The van der Waals surface area contributed by atoms with Crippen molar-refractivity contribution in [2.45, 2.75) is 44.3 Å². The molecule has 7 nitrogen and oxygen atoms in total. The third-order valence-corrected chi connectivity index (χ3v) is 4.49. The molecule has 0 aromatic carbocycles. The Bertz CT molecular complexity index is 571. The van der Waals surface area contributed by atoms with Crippen LogP contribution in [0.4, 0.5) is 0 Å². The van der Waals surface area contributed by atoms with E-state index in [1.54, 1.807) is 19.2 Å². The molecule has 0 bridgehead atoms. The van der Waals surface area contributed by atoms with Crippen LogP contribution in [0.25, 0.3) is 0 Å². The maximum atomic E-state index is 11.0. The Hall–Kier alpha value is -2.02. The number of guanidine groups is 1. The van der Waals surface area contributed by atoms with Crippen molar-refractivity contribution < 1.29 is 9.21 Å². The summed E-state index contributed by atoms with van der Waals surface area (Å²) in [6, 6.07) is 4.64. The molecule has 7 heteroatoms. The molecule has 23 heavy (non-hydrogen) atoms. The minimum Gasteiger partial charge on any atom is -0.454 e. The van der Waals surface area contributed by atoms with Gasteiger partial charge in [0.25, 0.3) is 5.91 Å². The maximum absolute atomic E-state index is 11.0. The van der Waals surface area contributed by atoms with Crippen LogP contribution < -0.4 is 16.4 Å². The number of nitrogens with two attached hydrogens (primary N) is 1. The number of hydrogen-bond donors (Lipinski definition) is 3. The highest BCUT2D eigenvalue weighted by atomic mass is 16.3. The standard InChI is InChI=1S/C16H25N5O2/c1-18-16(19-10-13-4-5-14(23-13)15(17)22)20-11-6-8-21(9-7-11)12-2-3-12/h4-5,11-12H,2-3,6-10H2,1H3,(H2,17,22)(H2,18,19,20). The van der Waals surface area contributed by atoms with E-state index in [2.05, 4.69) is 20.5 Å². The molecule has 2 aliphatic rings. The van der Waals surface area contributed by atoms with Crippen LogP contribution in [0.3, 0.4) is 0 Å². The lowest BCUT2D eigenvalue weighted by Gasteiger charge is -2.33. The number of carbonyl (C=O) groups is 1. The molecule has 1 aliphatic carbocycles. The van der Waals surface area contributed by atoms with Gasteiger partial charge >= 0.3 is 0 Å². The van der Waals surface area contributed by atoms with E-state index in [1.807, 2.05) is 0 Å². The van der Waals surface area contributed by atoms with Gasteiger partial charge in [0.15, 0.2) is 11.7 Å². The number of piperidine rings is 1. The fourth-order valence-corrected chi connectivity index (χ4v) is 3.01. The molecule has 2 heterocycles. The van der Waals surface area contributed by atoms with E-state index in [-0.39, 0.29) is 5.76 Å². The normalized spacial score (nSPS) is 20.5. The molecule has 1 saturated carbocycles. The Labute approximate surface area is 136 Å². The van der Waals surface area contributed by atoms with Gasteiger partial charge in [0, 0.05) is 32.2 Å². The van der Waals surface area contributed by atoms with Crippen LogP contribution in [0.1, 0.15) is 42.0 Å². The van der Waals surface area contributed by atoms with Crippen molar-refractivity contribution in [2.75, 3.05) is 20.1 Å². The van der Waals surface area contributed by atoms with Crippen LogP contribution in [-0.2, 0) is 6.54 Å². The zero-order chi connectivity index (χ0) is 16.2. The van der Waals surface area contributed by atoms with Crippen LogP contribution in [0.5, 0.6) is 0 Å². The number of amides is 1. The minimum atomic E-state index is -0.554. The number of carbonyl (C=O) groups excluding carboxylic acids is 1. The molecule has 1 saturated heterocycles. The third kappa shape index (κ3) is 4.25. The first kappa shape index (κ1) is 15.9. The van der Waals surface area contributed by atoms with E-state index in [0.29, 0.717) is 18.3 Å². The molecule has 2 fully saturated rings. The quantitative estimate of drug-likeness (QED) is 0.548. The molecule has 4 N–H and O–H groups in total. The van der Waals surface area contributed by atoms with Crippen LogP contribution in [0.15, 0.2) is 21.5 Å². The SMILES string of the molecule is CN=C(NCc1ccc(C(N)=O)o1)NC1CCN(C2CC2)CC1. The second kappa shape index (κ2) is 7.04. The second-order valence-corrected chi connectivity index (χ2v) is 6.24. The van der Waals surface area contributed by atoms with Gasteiger partial charge in [-0.1, -0.05) is 0 Å². The molecule has 1 amide bonds. The molecule has 1 aliphatic heterocycles. The first-order valence-corrected chi connectivity index (χ1v) is 8.25. The highest BCUT2D eigenvalue weighted by molar-refractivity contribution is 5.89. The van der Waals surface area contributed by atoms with E-state index in [0.717, 1.165) is 24.8 Å². The van der Waals surface area contributed by atoms with Gasteiger partial charge in [-0.25, -0.2) is 0 Å². The van der Waals surface area contributed by atoms with Crippen LogP contribution >= 0.6 is 0 Å². The van der Waals surface area contributed by atoms with Gasteiger partial charge in [-0.15, -0.1) is 0 Å². The minimum absolute atomic E-state index is 0.178. The number of nitrogens with one attached hydrogen (secondary N) is 2. The molecule has 0 radical (unpaired) electrons. The average molecular weight is 319 g/mol. The highest BCUT2D eigenvalue weighted by Gasteiger charge is 2.31. The molecule has 3 rings (SSSR count). The van der Waals surface area contributed by atoms with E-state index in [9.17, 15) is 4.79 Å². The monoisotopic (exact) mass is 319 g/mol. The van der Waals surface area contributed by atoms with Crippen molar-refractivity contribution >= 4 is 11.9 Å². The Morgan fingerprint density at radius 3 is 2.65 bits per heavy atom. The molecule has 0 unspecified atom stereocenters. The van der Waals surface area contributed by atoms with Crippen LogP contribution in [0, 0.1) is 0 Å². The fraction of sp³-hybridized carbons (Fsp3) is 0.625. The lowest BCUT2D eigenvalue weighted by atomic mass is 10.1. The predicted octanol–water partition coefficient (Wildman–Crippen LogP) is 0.670. The van der Waals surface area contributed by atoms with E-state index < -0.39 is 5.91 Å². The summed E-state index contributed by atoms with van der Waals surface area (Å²) in [6.07, 6.45) is 5.03. The molecular weight excluding hydrogens is 294 g/mol. The van der Waals surface area contributed by atoms with Gasteiger partial charge in [0.05, 0.1) is 6.54 Å². The van der Waals surface area contributed by atoms with E-state index >= 15 is 0 Å². The zero-order valence-corrected chi connectivity index (χ0v) is 13.5. The Balaban J connectivity index is 1.43. The van der Waals surface area contributed by atoms with Crippen molar-refractivity contribution in [3.63, 3.8) is 0 Å². The number of aliphatic imine (C=N–C) groups is 1. The average Bonchev–Trinajstić information content (AvgIpc) is 3.29. The summed E-state index contributed by atoms with van der Waals surface area (Å²) < 4.78 is 5.35. The number of likely N-dealkylation sites (tertiary alicyclic amines) is 1. The van der Waals surface area contributed by atoms with Crippen molar-refractivity contribution in [3.8, 4) is 0 Å². The topological polar surface area (TPSA) is 95.9 Å². The fourth-order valence-electron chi connectivity index (χ4n) is 3.01. The van der Waals surface area contributed by atoms with Gasteiger partial charge in [-0.3, -0.25) is 9.79 Å². The first-order chi connectivity index (χ1) is 11.2. The Morgan fingerprint density at radius 1 is 1.35 bits per heavy atom. The largest absolute Gasteiger partial charge is 0.454 e. The first-order valence-electron chi connectivity index (χ1n) is 8.25. The van der Waals surface area contributed by atoms with Crippen molar-refractivity contribution in [2.24, 2.45) is 10.7 Å². The maximum Gasteiger partial charge on any atom is 0.284 e. The van der Waals surface area contributed by atoms with Crippen molar-refractivity contribution in [1.29, 1.82) is 0 Å². The second-order valence-electron chi connectivity index (χ2n) is 6.24. The lowest BCUT2D eigenvalue weighted by molar-refractivity contribution is 0.0972. The Kier molecular flexibility index (Phi) is 4.85. The van der Waals surface area contributed by atoms with Crippen LogP contribution in [-0.4, -0.2) is 49.0 Å². The van der Waals surface area contributed by atoms with Gasteiger partial charge < -0.3 is 25.7 Å². The molecule has 1 aromatic rings. The summed E-state index contributed by atoms with van der Waals surface area (Å²) in [5.74, 6) is 1.04. The van der Waals surface area contributed by atoms with Crippen LogP contribution in [0.2, 0.25) is 0 Å². The summed E-state index contributed by atoms with van der Waals surface area (Å²) in [5.41, 5.74) is 5.18. The molecule has 126 valence electrons. The van der Waals surface area contributed by atoms with Crippen molar-refractivity contribution in [1.82, 2.24) is 15.5 Å². The summed E-state index contributed by atoms with van der Waals surface area (Å²) in [6.45, 7) is 2.80. The summed E-state index contributed by atoms with van der Waals surface area (Å²) in [4.78, 5) is 17.9.